The van der Waals surface area contributed by atoms with E-state index in [9.17, 15) is 17.6 Å². The van der Waals surface area contributed by atoms with Crippen molar-refractivity contribution in [3.8, 4) is 22.3 Å². The number of halogens is 4. The summed E-state index contributed by atoms with van der Waals surface area (Å²) in [5.74, 6) is -1.62. The molecule has 0 amide bonds. The quantitative estimate of drug-likeness (QED) is 0.174. The summed E-state index contributed by atoms with van der Waals surface area (Å²) in [7, 11) is 0. The highest BCUT2D eigenvalue weighted by atomic mass is 33.1. The van der Waals surface area contributed by atoms with Crippen LogP contribution in [-0.4, -0.2) is 0 Å². The second kappa shape index (κ2) is 12.1. The normalized spacial score (nSPS) is 9.67. The summed E-state index contributed by atoms with van der Waals surface area (Å²) in [5, 5.41) is 0. The van der Waals surface area contributed by atoms with Crippen LogP contribution in [-0.2, 0) is 0 Å². The van der Waals surface area contributed by atoms with Gasteiger partial charge >= 0.3 is 0 Å². The van der Waals surface area contributed by atoms with Crippen LogP contribution in [0, 0.1) is 23.3 Å². The van der Waals surface area contributed by atoms with E-state index in [1.54, 1.807) is 72.8 Å². The van der Waals surface area contributed by atoms with E-state index in [4.69, 9.17) is 0 Å². The summed E-state index contributed by atoms with van der Waals surface area (Å²) in [6.45, 7) is 0. The lowest BCUT2D eigenvalue weighted by molar-refractivity contribution is 0.616. The van der Waals surface area contributed by atoms with Crippen LogP contribution >= 0.6 is 23.3 Å². The van der Waals surface area contributed by atoms with Crippen molar-refractivity contribution in [1.82, 2.24) is 0 Å². The van der Waals surface area contributed by atoms with Crippen molar-refractivity contribution in [2.24, 2.45) is 0 Å². The third-order valence-electron chi connectivity index (χ3n) is 4.08. The molecule has 4 aromatic rings. The summed E-state index contributed by atoms with van der Waals surface area (Å²) in [6.07, 6.45) is 0. The van der Waals surface area contributed by atoms with Crippen LogP contribution in [0.1, 0.15) is 0 Å². The summed E-state index contributed by atoms with van der Waals surface area (Å²) in [6, 6.07) is 24.6. The van der Waals surface area contributed by atoms with Gasteiger partial charge in [-0.15, -0.1) is 23.3 Å². The molecule has 0 nitrogen and oxygen atoms in total. The highest BCUT2D eigenvalue weighted by molar-refractivity contribution is 8.59. The van der Waals surface area contributed by atoms with Crippen LogP contribution in [0.25, 0.3) is 22.3 Å². The van der Waals surface area contributed by atoms with Gasteiger partial charge in [-0.2, -0.15) is 0 Å². The Balaban J connectivity index is 0.000000197. The topological polar surface area (TPSA) is 0 Å². The van der Waals surface area contributed by atoms with Gasteiger partial charge in [-0.1, -0.05) is 72.8 Å². The van der Waals surface area contributed by atoms with Crippen LogP contribution < -0.4 is 0 Å². The minimum atomic E-state index is -0.405. The van der Waals surface area contributed by atoms with Gasteiger partial charge in [0, 0.05) is 22.3 Å². The van der Waals surface area contributed by atoms with Crippen molar-refractivity contribution in [3.63, 3.8) is 0 Å². The third-order valence-corrected chi connectivity index (χ3v) is 4.08. The molecule has 154 valence electrons. The zero-order chi connectivity index (χ0) is 21.9. The minimum absolute atomic E-state index is 0.297. The molecule has 0 aliphatic carbocycles. The maximum absolute atomic E-state index is 13.3. The monoisotopic (exact) mass is 446 g/mol. The lowest BCUT2D eigenvalue weighted by Crippen LogP contribution is -1.86. The van der Waals surface area contributed by atoms with E-state index in [2.05, 4.69) is 23.3 Å². The first kappa shape index (κ1) is 23.6. The Morgan fingerprint density at radius 3 is 0.667 bits per heavy atom. The molecule has 0 aromatic heterocycles. The lowest BCUT2D eigenvalue weighted by Gasteiger charge is -2.03. The number of rotatable bonds is 2. The van der Waals surface area contributed by atoms with E-state index < -0.39 is 23.3 Å². The molecular formula is C24H18F4S2. The van der Waals surface area contributed by atoms with E-state index in [0.29, 0.717) is 22.3 Å². The van der Waals surface area contributed by atoms with Gasteiger partial charge in [0.1, 0.15) is 23.3 Å². The van der Waals surface area contributed by atoms with Crippen molar-refractivity contribution in [3.05, 3.63) is 120 Å². The standard InChI is InChI=1S/2C12H8F2.H2S2/c2*13-11-7-3-1-5-9(11)10-6-2-4-8-12(10)14;1-2/h2*1-8H;1-2H. The predicted octanol–water partition coefficient (Wildman–Crippen LogP) is 8.02. The van der Waals surface area contributed by atoms with Gasteiger partial charge in [-0.3, -0.25) is 0 Å². The Labute approximate surface area is 183 Å². The second-order valence-corrected chi connectivity index (χ2v) is 5.92. The largest absolute Gasteiger partial charge is 0.206 e. The molecule has 4 aromatic carbocycles. The van der Waals surface area contributed by atoms with Gasteiger partial charge in [-0.05, 0) is 24.3 Å². The summed E-state index contributed by atoms with van der Waals surface area (Å²) in [4.78, 5) is 0. The maximum Gasteiger partial charge on any atom is 0.131 e. The maximum atomic E-state index is 13.3. The lowest BCUT2D eigenvalue weighted by atomic mass is 10.0. The first-order chi connectivity index (χ1) is 14.6. The van der Waals surface area contributed by atoms with Crippen LogP contribution in [0.15, 0.2) is 97.1 Å². The van der Waals surface area contributed by atoms with Crippen LogP contribution in [0.2, 0.25) is 0 Å². The van der Waals surface area contributed by atoms with Gasteiger partial charge in [0.15, 0.2) is 0 Å². The molecule has 0 N–H and O–H groups in total. The van der Waals surface area contributed by atoms with E-state index >= 15 is 0 Å². The highest BCUT2D eigenvalue weighted by Gasteiger charge is 2.08. The molecule has 0 fully saturated rings. The van der Waals surface area contributed by atoms with Gasteiger partial charge < -0.3 is 0 Å². The zero-order valence-electron chi connectivity index (χ0n) is 15.6. The molecule has 0 bridgehead atoms. The van der Waals surface area contributed by atoms with E-state index in [0.717, 1.165) is 0 Å². The van der Waals surface area contributed by atoms with Gasteiger partial charge in [0.25, 0.3) is 0 Å². The Morgan fingerprint density at radius 1 is 0.333 bits per heavy atom. The number of hydrogen-bond acceptors (Lipinski definition) is 2. The molecule has 0 radical (unpaired) electrons. The first-order valence-electron chi connectivity index (χ1n) is 8.77. The summed E-state index contributed by atoms with van der Waals surface area (Å²) < 4.78 is 53.2. The Hall–Kier alpha value is -2.70. The molecule has 0 saturated carbocycles. The van der Waals surface area contributed by atoms with Gasteiger partial charge in [-0.25, -0.2) is 17.6 Å². The third kappa shape index (κ3) is 6.15. The average molecular weight is 447 g/mol. The smallest absolute Gasteiger partial charge is 0.131 e. The van der Waals surface area contributed by atoms with Crippen molar-refractivity contribution in [1.29, 1.82) is 0 Å². The van der Waals surface area contributed by atoms with Crippen LogP contribution in [0.5, 0.6) is 0 Å². The van der Waals surface area contributed by atoms with Crippen LogP contribution in [0.4, 0.5) is 17.6 Å². The number of benzene rings is 4. The van der Waals surface area contributed by atoms with Gasteiger partial charge in [0.05, 0.1) is 0 Å². The summed E-state index contributed by atoms with van der Waals surface area (Å²) >= 11 is 6.44. The molecule has 0 unspecified atom stereocenters. The van der Waals surface area contributed by atoms with Crippen molar-refractivity contribution < 1.29 is 17.6 Å². The minimum Gasteiger partial charge on any atom is -0.206 e. The average Bonchev–Trinajstić information content (AvgIpc) is 2.78. The van der Waals surface area contributed by atoms with Crippen molar-refractivity contribution in [2.75, 3.05) is 0 Å². The molecular weight excluding hydrogens is 428 g/mol. The molecule has 0 aliphatic rings. The number of thiol groups is 2. The molecule has 0 saturated heterocycles. The second-order valence-electron chi connectivity index (χ2n) is 5.92. The summed E-state index contributed by atoms with van der Waals surface area (Å²) in [5.41, 5.74) is 1.19. The van der Waals surface area contributed by atoms with Crippen molar-refractivity contribution in [2.45, 2.75) is 0 Å². The Kier molecular flexibility index (Phi) is 9.51. The Bertz CT molecular complexity index is 910. The fraction of sp³-hybridized carbons (Fsp3) is 0. The Morgan fingerprint density at radius 2 is 0.500 bits per heavy atom. The van der Waals surface area contributed by atoms with Gasteiger partial charge in [0.2, 0.25) is 0 Å². The molecule has 0 spiro atoms. The van der Waals surface area contributed by atoms with Crippen LogP contribution in [0.3, 0.4) is 0 Å². The fourth-order valence-corrected chi connectivity index (χ4v) is 2.72. The van der Waals surface area contributed by atoms with E-state index in [-0.39, 0.29) is 0 Å². The van der Waals surface area contributed by atoms with E-state index in [1.807, 2.05) is 0 Å². The molecule has 30 heavy (non-hydrogen) atoms. The molecule has 0 aliphatic heterocycles. The number of hydrogen-bond donors (Lipinski definition) is 2. The molecule has 0 atom stereocenters. The zero-order valence-corrected chi connectivity index (χ0v) is 17.4. The highest BCUT2D eigenvalue weighted by Crippen LogP contribution is 2.25. The first-order valence-corrected chi connectivity index (χ1v) is 10.4. The SMILES string of the molecule is Fc1ccccc1-c1ccccc1F.Fc1ccccc1-c1ccccc1F.SS. The van der Waals surface area contributed by atoms with E-state index in [1.165, 1.54) is 24.3 Å². The van der Waals surface area contributed by atoms with Crippen molar-refractivity contribution >= 4 is 23.3 Å². The fourth-order valence-electron chi connectivity index (χ4n) is 2.72. The molecule has 6 heteroatoms. The molecule has 0 heterocycles. The molecule has 4 rings (SSSR count). The predicted molar refractivity (Wildman–Crippen MR) is 122 cm³/mol.